The largest absolute Gasteiger partial charge is 0.490 e. The summed E-state index contributed by atoms with van der Waals surface area (Å²) < 4.78 is 11.5. The highest BCUT2D eigenvalue weighted by Gasteiger charge is 2.32. The van der Waals surface area contributed by atoms with Gasteiger partial charge in [0.1, 0.15) is 0 Å². The Morgan fingerprint density at radius 1 is 1.16 bits per heavy atom. The number of amides is 3. The molecule has 25 heavy (non-hydrogen) atoms. The van der Waals surface area contributed by atoms with Crippen molar-refractivity contribution in [3.63, 3.8) is 0 Å². The average molecular weight is 345 g/mol. The number of fused-ring (bicyclic) bond motifs is 1. The van der Waals surface area contributed by atoms with Crippen LogP contribution in [0.3, 0.4) is 0 Å². The van der Waals surface area contributed by atoms with Gasteiger partial charge in [0.2, 0.25) is 5.91 Å². The summed E-state index contributed by atoms with van der Waals surface area (Å²) in [6.07, 6.45) is 2.92. The molecule has 1 aromatic rings. The molecular weight excluding hydrogens is 322 g/mol. The summed E-state index contributed by atoms with van der Waals surface area (Å²) >= 11 is 0. The molecule has 1 aromatic carbocycles. The highest BCUT2D eigenvalue weighted by Crippen LogP contribution is 2.37. The molecule has 7 heteroatoms. The molecular formula is C18H23N3O4. The number of likely N-dealkylation sites (tertiary alicyclic amines) is 1. The summed E-state index contributed by atoms with van der Waals surface area (Å²) in [6, 6.07) is 5.95. The van der Waals surface area contributed by atoms with Gasteiger partial charge >= 0.3 is 6.03 Å². The maximum Gasteiger partial charge on any atom is 0.324 e. The quantitative estimate of drug-likeness (QED) is 0.900. The smallest absolute Gasteiger partial charge is 0.324 e. The number of ether oxygens (including phenoxy) is 2. The number of nitrogens with zero attached hydrogens (tertiary/aromatic N) is 2. The van der Waals surface area contributed by atoms with Crippen LogP contribution in [-0.4, -0.2) is 61.1 Å². The molecule has 0 bridgehead atoms. The Hall–Kier alpha value is -2.28. The average Bonchev–Trinajstić information content (AvgIpc) is 3.17. The van der Waals surface area contributed by atoms with Crippen molar-refractivity contribution in [2.45, 2.75) is 25.3 Å². The van der Waals surface area contributed by atoms with Gasteiger partial charge in [0.15, 0.2) is 11.5 Å². The molecule has 0 aliphatic carbocycles. The summed E-state index contributed by atoms with van der Waals surface area (Å²) in [5, 5.41) is 2.68. The van der Waals surface area contributed by atoms with E-state index in [2.05, 4.69) is 16.3 Å². The third kappa shape index (κ3) is 3.28. The third-order valence-electron chi connectivity index (χ3n) is 5.02. The first-order chi connectivity index (χ1) is 12.2. The molecule has 1 unspecified atom stereocenters. The number of rotatable bonds is 3. The van der Waals surface area contributed by atoms with E-state index < -0.39 is 0 Å². The van der Waals surface area contributed by atoms with E-state index in [-0.39, 0.29) is 24.5 Å². The normalized spacial score (nSPS) is 23.4. The number of hydrogen-bond acceptors (Lipinski definition) is 5. The van der Waals surface area contributed by atoms with Crippen molar-refractivity contribution in [1.29, 1.82) is 0 Å². The van der Waals surface area contributed by atoms with Crippen LogP contribution in [0.5, 0.6) is 11.5 Å². The van der Waals surface area contributed by atoms with Crippen molar-refractivity contribution >= 4 is 11.9 Å². The molecule has 3 aliphatic heterocycles. The summed E-state index contributed by atoms with van der Waals surface area (Å²) in [5.41, 5.74) is 1.14. The van der Waals surface area contributed by atoms with E-state index in [1.54, 1.807) is 0 Å². The van der Waals surface area contributed by atoms with Gasteiger partial charge in [-0.2, -0.15) is 0 Å². The minimum atomic E-state index is -0.281. The molecule has 2 saturated heterocycles. The van der Waals surface area contributed by atoms with E-state index in [1.165, 1.54) is 4.90 Å². The molecule has 3 aliphatic rings. The van der Waals surface area contributed by atoms with Crippen molar-refractivity contribution < 1.29 is 19.1 Å². The van der Waals surface area contributed by atoms with E-state index in [4.69, 9.17) is 9.47 Å². The lowest BCUT2D eigenvalue weighted by Gasteiger charge is -2.26. The van der Waals surface area contributed by atoms with Gasteiger partial charge in [-0.3, -0.25) is 14.6 Å². The number of nitrogens with one attached hydrogen (secondary N) is 1. The van der Waals surface area contributed by atoms with E-state index in [0.717, 1.165) is 42.9 Å². The van der Waals surface area contributed by atoms with Gasteiger partial charge in [-0.1, -0.05) is 6.07 Å². The number of benzene rings is 1. The lowest BCUT2D eigenvalue weighted by molar-refractivity contribution is -0.129. The molecule has 1 atom stereocenters. The molecule has 3 heterocycles. The molecule has 0 aromatic heterocycles. The van der Waals surface area contributed by atoms with Crippen LogP contribution >= 0.6 is 0 Å². The first kappa shape index (κ1) is 16.2. The Labute approximate surface area is 146 Å². The Kier molecular flexibility index (Phi) is 4.48. The number of hydrogen-bond donors (Lipinski definition) is 1. The van der Waals surface area contributed by atoms with Crippen LogP contribution in [-0.2, 0) is 4.79 Å². The summed E-state index contributed by atoms with van der Waals surface area (Å²) in [7, 11) is 0. The molecule has 4 rings (SSSR count). The third-order valence-corrected chi connectivity index (χ3v) is 5.02. The van der Waals surface area contributed by atoms with Crippen LogP contribution in [0.25, 0.3) is 0 Å². The first-order valence-electron chi connectivity index (χ1n) is 8.94. The summed E-state index contributed by atoms with van der Waals surface area (Å²) in [4.78, 5) is 27.6. The van der Waals surface area contributed by atoms with Crippen molar-refractivity contribution in [3.05, 3.63) is 23.8 Å². The van der Waals surface area contributed by atoms with Gasteiger partial charge in [0, 0.05) is 25.6 Å². The summed E-state index contributed by atoms with van der Waals surface area (Å²) in [6.45, 7) is 3.46. The number of carbonyl (C=O) groups is 2. The van der Waals surface area contributed by atoms with Crippen molar-refractivity contribution in [3.8, 4) is 11.5 Å². The van der Waals surface area contributed by atoms with Gasteiger partial charge in [-0.05, 0) is 37.1 Å². The predicted molar refractivity (Wildman–Crippen MR) is 90.7 cm³/mol. The lowest BCUT2D eigenvalue weighted by Crippen LogP contribution is -2.41. The highest BCUT2D eigenvalue weighted by atomic mass is 16.5. The minimum Gasteiger partial charge on any atom is -0.490 e. The second-order valence-electron chi connectivity index (χ2n) is 6.66. The summed E-state index contributed by atoms with van der Waals surface area (Å²) in [5.74, 6) is 1.44. The van der Waals surface area contributed by atoms with Crippen LogP contribution in [0, 0.1) is 0 Å². The fourth-order valence-corrected chi connectivity index (χ4v) is 3.75. The number of carbonyl (C=O) groups excluding carboxylic acids is 2. The van der Waals surface area contributed by atoms with Gasteiger partial charge in [0.25, 0.3) is 0 Å². The molecule has 0 spiro atoms. The van der Waals surface area contributed by atoms with Crippen LogP contribution in [0.4, 0.5) is 4.79 Å². The molecule has 2 fully saturated rings. The topological polar surface area (TPSA) is 71.1 Å². The van der Waals surface area contributed by atoms with Gasteiger partial charge < -0.3 is 14.8 Å². The van der Waals surface area contributed by atoms with Crippen molar-refractivity contribution in [2.75, 3.05) is 39.4 Å². The van der Waals surface area contributed by atoms with Crippen LogP contribution in [0.2, 0.25) is 0 Å². The Morgan fingerprint density at radius 3 is 2.80 bits per heavy atom. The van der Waals surface area contributed by atoms with Crippen LogP contribution in [0.15, 0.2) is 18.2 Å². The van der Waals surface area contributed by atoms with Gasteiger partial charge in [-0.25, -0.2) is 4.79 Å². The fraction of sp³-hybridized carbons (Fsp3) is 0.556. The number of urea groups is 1. The highest BCUT2D eigenvalue weighted by molar-refractivity contribution is 5.96. The van der Waals surface area contributed by atoms with Gasteiger partial charge in [0.05, 0.1) is 19.8 Å². The van der Waals surface area contributed by atoms with Crippen molar-refractivity contribution in [1.82, 2.24) is 15.1 Å². The molecule has 7 nitrogen and oxygen atoms in total. The van der Waals surface area contributed by atoms with E-state index in [1.807, 2.05) is 12.1 Å². The second kappa shape index (κ2) is 6.92. The van der Waals surface area contributed by atoms with Crippen molar-refractivity contribution in [2.24, 2.45) is 0 Å². The molecule has 1 N–H and O–H groups in total. The maximum absolute atomic E-state index is 12.4. The SMILES string of the molecule is O=C(CN1CCCC1c1ccc2c(c1)OCCCO2)N1CCNC1=O. The Morgan fingerprint density at radius 2 is 2.00 bits per heavy atom. The van der Waals surface area contributed by atoms with E-state index >= 15 is 0 Å². The zero-order chi connectivity index (χ0) is 17.2. The number of imide groups is 1. The first-order valence-corrected chi connectivity index (χ1v) is 8.94. The van der Waals surface area contributed by atoms with E-state index in [0.29, 0.717) is 26.3 Å². The predicted octanol–water partition coefficient (Wildman–Crippen LogP) is 1.54. The van der Waals surface area contributed by atoms with Crippen LogP contribution in [0.1, 0.15) is 30.9 Å². The molecule has 134 valence electrons. The standard InChI is InChI=1S/C18H23N3O4/c22-17(21-8-6-19-18(21)23)12-20-7-1-3-14(20)13-4-5-15-16(11-13)25-10-2-9-24-15/h4-5,11,14H,1-3,6-10,12H2,(H,19,23). The second-order valence-corrected chi connectivity index (χ2v) is 6.66. The molecule has 0 saturated carbocycles. The Balaban J connectivity index is 1.48. The lowest BCUT2D eigenvalue weighted by atomic mass is 10.0. The van der Waals surface area contributed by atoms with Crippen LogP contribution < -0.4 is 14.8 Å². The zero-order valence-corrected chi connectivity index (χ0v) is 14.2. The Bertz CT molecular complexity index is 678. The van der Waals surface area contributed by atoms with Gasteiger partial charge in [-0.15, -0.1) is 0 Å². The maximum atomic E-state index is 12.4. The van der Waals surface area contributed by atoms with E-state index in [9.17, 15) is 9.59 Å². The monoisotopic (exact) mass is 345 g/mol. The zero-order valence-electron chi connectivity index (χ0n) is 14.2. The fourth-order valence-electron chi connectivity index (χ4n) is 3.75. The molecule has 0 radical (unpaired) electrons. The molecule has 3 amide bonds. The minimum absolute atomic E-state index is 0.128.